The molecule has 6 heteroatoms. The fraction of sp³-hybridized carbons (Fsp3) is 1.00. The Morgan fingerprint density at radius 1 is 0.731 bits per heavy atom. The molecule has 0 saturated carbocycles. The number of aliphatic hydroxyl groups is 1. The van der Waals surface area contributed by atoms with Gasteiger partial charge in [0, 0.05) is 5.25 Å². The van der Waals surface area contributed by atoms with E-state index < -0.39 is 15.4 Å². The van der Waals surface area contributed by atoms with E-state index in [4.69, 9.17) is 0 Å². The average molecular weight is 417 g/mol. The number of hydrogen-bond donors (Lipinski definition) is 1. The van der Waals surface area contributed by atoms with Crippen LogP contribution in [0.1, 0.15) is 117 Å². The molecule has 152 valence electrons. The fourth-order valence-corrected chi connectivity index (χ4v) is 4.19. The van der Waals surface area contributed by atoms with Crippen molar-refractivity contribution in [3.63, 3.8) is 0 Å². The van der Waals surface area contributed by atoms with Gasteiger partial charge < -0.3 is 9.66 Å². The van der Waals surface area contributed by atoms with Crippen LogP contribution in [0.15, 0.2) is 0 Å². The molecule has 0 spiro atoms. The molecule has 2 atom stereocenters. The van der Waals surface area contributed by atoms with E-state index in [1.54, 1.807) is 6.92 Å². The minimum Gasteiger partial charge on any atom is -0.748 e. The standard InChI is InChI=1S/C20H42O4S.K/c1-3-4-5-6-7-8-9-10-11-12-13-17-20(25(22,23)24)18-15-14-16-19(2)21;/h19-21H,3-18H2,1-2H3,(H,22,23,24);/q;+1/p-1. The molecule has 26 heavy (non-hydrogen) atoms. The summed E-state index contributed by atoms with van der Waals surface area (Å²) in [6.07, 6.45) is 16.2. The van der Waals surface area contributed by atoms with Crippen LogP contribution in [0, 0.1) is 0 Å². The molecule has 0 fully saturated rings. The van der Waals surface area contributed by atoms with Crippen molar-refractivity contribution in [3.05, 3.63) is 0 Å². The van der Waals surface area contributed by atoms with Crippen LogP contribution in [0.2, 0.25) is 0 Å². The van der Waals surface area contributed by atoms with E-state index in [1.807, 2.05) is 0 Å². The summed E-state index contributed by atoms with van der Waals surface area (Å²) in [5.74, 6) is 0. The van der Waals surface area contributed by atoms with Crippen LogP contribution < -0.4 is 51.4 Å². The van der Waals surface area contributed by atoms with Crippen LogP contribution in [-0.4, -0.2) is 29.4 Å². The molecule has 0 rings (SSSR count). The molecule has 0 bridgehead atoms. The first-order valence-corrected chi connectivity index (χ1v) is 12.0. The van der Waals surface area contributed by atoms with Gasteiger partial charge in [0.25, 0.3) is 0 Å². The van der Waals surface area contributed by atoms with E-state index in [9.17, 15) is 18.1 Å². The number of aliphatic hydroxyl groups excluding tert-OH is 1. The van der Waals surface area contributed by atoms with Gasteiger partial charge in [-0.05, 0) is 26.2 Å². The second-order valence-electron chi connectivity index (χ2n) is 7.57. The van der Waals surface area contributed by atoms with Crippen molar-refractivity contribution in [3.8, 4) is 0 Å². The Hall–Kier alpha value is 1.51. The predicted molar refractivity (Wildman–Crippen MR) is 105 cm³/mol. The Morgan fingerprint density at radius 3 is 1.46 bits per heavy atom. The second-order valence-corrected chi connectivity index (χ2v) is 9.22. The van der Waals surface area contributed by atoms with Crippen molar-refractivity contribution in [2.75, 3.05) is 0 Å². The molecule has 0 aromatic carbocycles. The maximum Gasteiger partial charge on any atom is 1.00 e. The average Bonchev–Trinajstić information content (AvgIpc) is 2.53. The summed E-state index contributed by atoms with van der Waals surface area (Å²) in [7, 11) is -4.19. The monoisotopic (exact) mass is 416 g/mol. The van der Waals surface area contributed by atoms with Gasteiger partial charge >= 0.3 is 51.4 Å². The van der Waals surface area contributed by atoms with E-state index in [-0.39, 0.29) is 57.5 Å². The van der Waals surface area contributed by atoms with Gasteiger partial charge in [0.15, 0.2) is 0 Å². The third-order valence-corrected chi connectivity index (χ3v) is 6.22. The first kappa shape index (κ1) is 29.7. The van der Waals surface area contributed by atoms with Crippen molar-refractivity contribution >= 4 is 10.1 Å². The third kappa shape index (κ3) is 20.2. The van der Waals surface area contributed by atoms with Crippen molar-refractivity contribution in [2.24, 2.45) is 0 Å². The van der Waals surface area contributed by atoms with E-state index in [2.05, 4.69) is 6.92 Å². The normalized spacial score (nSPS) is 14.0. The maximum absolute atomic E-state index is 11.4. The molecule has 0 aromatic rings. The van der Waals surface area contributed by atoms with E-state index in [0.717, 1.165) is 25.7 Å². The van der Waals surface area contributed by atoms with Gasteiger partial charge in [0.1, 0.15) is 0 Å². The van der Waals surface area contributed by atoms with Crippen molar-refractivity contribution < 1.29 is 69.5 Å². The Bertz CT molecular complexity index is 385. The SMILES string of the molecule is CCCCCCCCCCCCCC(CCCCC(C)O)S(=O)(=O)[O-].[K+]. The molecule has 0 aliphatic carbocycles. The van der Waals surface area contributed by atoms with Gasteiger partial charge in [-0.2, -0.15) is 0 Å². The molecular formula is C20H41KO4S. The van der Waals surface area contributed by atoms with E-state index >= 15 is 0 Å². The summed E-state index contributed by atoms with van der Waals surface area (Å²) in [5, 5.41) is 8.48. The van der Waals surface area contributed by atoms with Gasteiger partial charge in [-0.25, -0.2) is 8.42 Å². The Morgan fingerprint density at radius 2 is 1.08 bits per heavy atom. The largest absolute Gasteiger partial charge is 1.00 e. The van der Waals surface area contributed by atoms with E-state index in [0.29, 0.717) is 25.7 Å². The molecule has 0 aliphatic heterocycles. The second kappa shape index (κ2) is 19.8. The summed E-state index contributed by atoms with van der Waals surface area (Å²) in [4.78, 5) is 0. The van der Waals surface area contributed by atoms with Crippen LogP contribution in [0.25, 0.3) is 0 Å². The van der Waals surface area contributed by atoms with Crippen LogP contribution in [0.3, 0.4) is 0 Å². The Labute approximate surface area is 205 Å². The topological polar surface area (TPSA) is 77.4 Å². The zero-order chi connectivity index (χ0) is 19.0. The summed E-state index contributed by atoms with van der Waals surface area (Å²) in [6, 6.07) is 0. The van der Waals surface area contributed by atoms with Crippen molar-refractivity contribution in [1.29, 1.82) is 0 Å². The first-order valence-electron chi connectivity index (χ1n) is 10.5. The van der Waals surface area contributed by atoms with Gasteiger partial charge in [-0.1, -0.05) is 90.4 Å². The molecule has 1 N–H and O–H groups in total. The molecule has 0 radical (unpaired) electrons. The molecule has 0 saturated heterocycles. The summed E-state index contributed by atoms with van der Waals surface area (Å²) in [5.41, 5.74) is 0. The summed E-state index contributed by atoms with van der Waals surface area (Å²) in [6.45, 7) is 3.96. The summed E-state index contributed by atoms with van der Waals surface area (Å²) >= 11 is 0. The maximum atomic E-state index is 11.4. The van der Waals surface area contributed by atoms with Crippen LogP contribution in [0.4, 0.5) is 0 Å². The smallest absolute Gasteiger partial charge is 0.748 e. The molecular weight excluding hydrogens is 375 g/mol. The number of unbranched alkanes of at least 4 members (excludes halogenated alkanes) is 11. The molecule has 2 unspecified atom stereocenters. The van der Waals surface area contributed by atoms with Gasteiger partial charge in [-0.15, -0.1) is 0 Å². The zero-order valence-electron chi connectivity index (χ0n) is 17.5. The molecule has 0 amide bonds. The van der Waals surface area contributed by atoms with Gasteiger partial charge in [0.2, 0.25) is 0 Å². The summed E-state index contributed by atoms with van der Waals surface area (Å²) < 4.78 is 34.1. The fourth-order valence-electron chi connectivity index (χ4n) is 3.28. The number of rotatable bonds is 18. The third-order valence-electron chi connectivity index (χ3n) is 4.94. The minimum atomic E-state index is -4.19. The van der Waals surface area contributed by atoms with Gasteiger partial charge in [0.05, 0.1) is 16.2 Å². The Kier molecular flexibility index (Phi) is 22.6. The first-order chi connectivity index (χ1) is 11.9. The van der Waals surface area contributed by atoms with Crippen LogP contribution >= 0.6 is 0 Å². The molecule has 0 aliphatic rings. The van der Waals surface area contributed by atoms with Gasteiger partial charge in [-0.3, -0.25) is 0 Å². The quantitative estimate of drug-likeness (QED) is 0.212. The molecule has 0 aromatic heterocycles. The predicted octanol–water partition coefficient (Wildman–Crippen LogP) is 2.55. The number of hydrogen-bond acceptors (Lipinski definition) is 4. The van der Waals surface area contributed by atoms with Crippen LogP contribution in [-0.2, 0) is 10.1 Å². The van der Waals surface area contributed by atoms with E-state index in [1.165, 1.54) is 51.4 Å². The van der Waals surface area contributed by atoms with Crippen LogP contribution in [0.5, 0.6) is 0 Å². The molecule has 0 heterocycles. The minimum absolute atomic E-state index is 0. The Balaban J connectivity index is 0. The molecule has 4 nitrogen and oxygen atoms in total. The zero-order valence-corrected chi connectivity index (χ0v) is 21.5. The van der Waals surface area contributed by atoms with Crippen molar-refractivity contribution in [2.45, 2.75) is 128 Å². The van der Waals surface area contributed by atoms with Crippen molar-refractivity contribution in [1.82, 2.24) is 0 Å².